The molecule has 0 radical (unpaired) electrons. The largest absolute Gasteiger partial charge is 0.497 e. The fourth-order valence-electron chi connectivity index (χ4n) is 4.36. The van der Waals surface area contributed by atoms with Crippen LogP contribution in [0.25, 0.3) is 22.0 Å². The number of aromatic amines is 1. The lowest BCUT2D eigenvalue weighted by atomic mass is 10.0. The molecule has 4 heteroatoms. The van der Waals surface area contributed by atoms with Gasteiger partial charge in [0.15, 0.2) is 0 Å². The molecule has 0 bridgehead atoms. The van der Waals surface area contributed by atoms with E-state index in [1.165, 1.54) is 39.7 Å². The van der Waals surface area contributed by atoms with E-state index in [-0.39, 0.29) is 0 Å². The van der Waals surface area contributed by atoms with Gasteiger partial charge in [-0.3, -0.25) is 9.88 Å². The van der Waals surface area contributed by atoms with Crippen molar-refractivity contribution in [1.82, 2.24) is 14.9 Å². The van der Waals surface area contributed by atoms with Crippen LogP contribution in [0.15, 0.2) is 67.0 Å². The number of ether oxygens (including phenoxy) is 1. The number of rotatable bonds is 4. The van der Waals surface area contributed by atoms with Crippen molar-refractivity contribution in [2.75, 3.05) is 13.7 Å². The number of fused-ring (bicyclic) bond motifs is 3. The molecule has 0 saturated carbocycles. The molecule has 29 heavy (non-hydrogen) atoms. The zero-order chi connectivity index (χ0) is 19.6. The molecule has 3 heterocycles. The second-order valence-corrected chi connectivity index (χ2v) is 7.75. The van der Waals surface area contributed by atoms with Crippen LogP contribution in [0.5, 0.6) is 5.75 Å². The van der Waals surface area contributed by atoms with E-state index in [1.54, 1.807) is 7.11 Å². The first-order valence-electron chi connectivity index (χ1n) is 10.2. The van der Waals surface area contributed by atoms with Crippen molar-refractivity contribution < 1.29 is 4.74 Å². The molecule has 5 rings (SSSR count). The van der Waals surface area contributed by atoms with Crippen LogP contribution in [-0.4, -0.2) is 28.5 Å². The minimum atomic E-state index is 0.922. The number of benzene rings is 2. The van der Waals surface area contributed by atoms with Crippen LogP contribution in [0, 0.1) is 0 Å². The Hall–Kier alpha value is -3.11. The predicted octanol–water partition coefficient (Wildman–Crippen LogP) is 5.19. The molecule has 1 aliphatic heterocycles. The summed E-state index contributed by atoms with van der Waals surface area (Å²) in [6.07, 6.45) is 6.02. The third kappa shape index (κ3) is 3.64. The van der Waals surface area contributed by atoms with E-state index in [0.717, 1.165) is 37.4 Å². The van der Waals surface area contributed by atoms with Crippen molar-refractivity contribution in [1.29, 1.82) is 0 Å². The molecule has 1 aliphatic rings. The van der Waals surface area contributed by atoms with Gasteiger partial charge in [0.2, 0.25) is 0 Å². The van der Waals surface area contributed by atoms with Crippen molar-refractivity contribution in [3.63, 3.8) is 0 Å². The molecule has 0 fully saturated rings. The summed E-state index contributed by atoms with van der Waals surface area (Å²) in [5, 5.41) is 1.33. The van der Waals surface area contributed by atoms with E-state index in [4.69, 9.17) is 4.74 Å². The lowest BCUT2D eigenvalue weighted by Gasteiger charge is -2.20. The maximum absolute atomic E-state index is 5.40. The Morgan fingerprint density at radius 3 is 2.90 bits per heavy atom. The lowest BCUT2D eigenvalue weighted by molar-refractivity contribution is 0.261. The Kier molecular flexibility index (Phi) is 4.78. The van der Waals surface area contributed by atoms with E-state index in [2.05, 4.69) is 57.3 Å². The third-order valence-corrected chi connectivity index (χ3v) is 5.81. The SMILES string of the molecule is COc1cccc(CN2CCCc3[nH]c4ccc(-c5cccnc5)cc4c3C2)c1. The van der Waals surface area contributed by atoms with Crippen molar-refractivity contribution in [2.24, 2.45) is 0 Å². The molecule has 0 aliphatic carbocycles. The molecule has 0 amide bonds. The highest BCUT2D eigenvalue weighted by atomic mass is 16.5. The van der Waals surface area contributed by atoms with Crippen LogP contribution in [-0.2, 0) is 19.5 Å². The minimum Gasteiger partial charge on any atom is -0.497 e. The van der Waals surface area contributed by atoms with Gasteiger partial charge < -0.3 is 9.72 Å². The molecular formula is C25H25N3O. The Morgan fingerprint density at radius 1 is 1.07 bits per heavy atom. The number of hydrogen-bond donors (Lipinski definition) is 1. The lowest BCUT2D eigenvalue weighted by Crippen LogP contribution is -2.22. The van der Waals surface area contributed by atoms with Crippen LogP contribution in [0.4, 0.5) is 0 Å². The van der Waals surface area contributed by atoms with Crippen LogP contribution >= 0.6 is 0 Å². The van der Waals surface area contributed by atoms with E-state index in [0.29, 0.717) is 0 Å². The minimum absolute atomic E-state index is 0.922. The zero-order valence-electron chi connectivity index (χ0n) is 16.7. The standard InChI is InChI=1S/C25H25N3O/c1-29-21-7-2-5-18(13-21)16-28-12-4-8-24-23(17-28)22-14-19(9-10-25(22)27-24)20-6-3-11-26-15-20/h2-3,5-7,9-11,13-15,27H,4,8,12,16-17H2,1H3. The van der Waals surface area contributed by atoms with E-state index >= 15 is 0 Å². The monoisotopic (exact) mass is 383 g/mol. The van der Waals surface area contributed by atoms with Gasteiger partial charge in [0.1, 0.15) is 5.75 Å². The van der Waals surface area contributed by atoms with E-state index in [1.807, 2.05) is 24.5 Å². The smallest absolute Gasteiger partial charge is 0.119 e. The van der Waals surface area contributed by atoms with Gasteiger partial charge in [0.05, 0.1) is 7.11 Å². The number of pyridine rings is 1. The van der Waals surface area contributed by atoms with Crippen LogP contribution in [0.2, 0.25) is 0 Å². The van der Waals surface area contributed by atoms with Crippen molar-refractivity contribution in [3.8, 4) is 16.9 Å². The third-order valence-electron chi connectivity index (χ3n) is 5.81. The average molecular weight is 383 g/mol. The number of nitrogens with zero attached hydrogens (tertiary/aromatic N) is 2. The summed E-state index contributed by atoms with van der Waals surface area (Å²) < 4.78 is 5.40. The van der Waals surface area contributed by atoms with Crippen molar-refractivity contribution in [2.45, 2.75) is 25.9 Å². The molecule has 0 unspecified atom stereocenters. The fourth-order valence-corrected chi connectivity index (χ4v) is 4.36. The summed E-state index contributed by atoms with van der Waals surface area (Å²) >= 11 is 0. The predicted molar refractivity (Wildman–Crippen MR) is 117 cm³/mol. The van der Waals surface area contributed by atoms with Crippen LogP contribution < -0.4 is 4.74 Å². The van der Waals surface area contributed by atoms with Gasteiger partial charge in [-0.05, 0) is 66.4 Å². The normalized spacial score (nSPS) is 14.5. The van der Waals surface area contributed by atoms with Gasteiger partial charge in [0.25, 0.3) is 0 Å². The highest BCUT2D eigenvalue weighted by Gasteiger charge is 2.19. The van der Waals surface area contributed by atoms with Gasteiger partial charge in [-0.15, -0.1) is 0 Å². The molecule has 2 aromatic heterocycles. The van der Waals surface area contributed by atoms with Gasteiger partial charge >= 0.3 is 0 Å². The molecule has 0 atom stereocenters. The second kappa shape index (κ2) is 7.72. The number of aromatic nitrogens is 2. The number of hydrogen-bond acceptors (Lipinski definition) is 3. The molecule has 1 N–H and O–H groups in total. The van der Waals surface area contributed by atoms with Gasteiger partial charge in [-0.1, -0.05) is 24.3 Å². The number of aryl methyl sites for hydroxylation is 1. The number of H-pyrrole nitrogens is 1. The van der Waals surface area contributed by atoms with Crippen molar-refractivity contribution >= 4 is 10.9 Å². The molecular weight excluding hydrogens is 358 g/mol. The Morgan fingerprint density at radius 2 is 2.03 bits per heavy atom. The molecule has 146 valence electrons. The van der Waals surface area contributed by atoms with E-state index < -0.39 is 0 Å². The maximum Gasteiger partial charge on any atom is 0.119 e. The number of methoxy groups -OCH3 is 1. The first-order valence-corrected chi connectivity index (χ1v) is 10.2. The fraction of sp³-hybridized carbons (Fsp3) is 0.240. The topological polar surface area (TPSA) is 41.1 Å². The first-order chi connectivity index (χ1) is 14.3. The Labute approximate surface area is 171 Å². The van der Waals surface area contributed by atoms with Crippen molar-refractivity contribution in [3.05, 3.63) is 83.8 Å². The van der Waals surface area contributed by atoms with Gasteiger partial charge in [0, 0.05) is 47.6 Å². The summed E-state index contributed by atoms with van der Waals surface area (Å²) in [5.41, 5.74) is 7.72. The highest BCUT2D eigenvalue weighted by Crippen LogP contribution is 2.31. The summed E-state index contributed by atoms with van der Waals surface area (Å²) in [4.78, 5) is 10.5. The highest BCUT2D eigenvalue weighted by molar-refractivity contribution is 5.89. The molecule has 4 aromatic rings. The summed E-state index contributed by atoms with van der Waals surface area (Å²) in [6.45, 7) is 3.00. The second-order valence-electron chi connectivity index (χ2n) is 7.75. The molecule has 4 nitrogen and oxygen atoms in total. The van der Waals surface area contributed by atoms with E-state index in [9.17, 15) is 0 Å². The Bertz CT molecular complexity index is 1130. The van der Waals surface area contributed by atoms with Crippen LogP contribution in [0.3, 0.4) is 0 Å². The van der Waals surface area contributed by atoms with Crippen LogP contribution in [0.1, 0.15) is 23.2 Å². The summed E-state index contributed by atoms with van der Waals surface area (Å²) in [6, 6.07) is 19.2. The van der Waals surface area contributed by atoms with Gasteiger partial charge in [-0.25, -0.2) is 0 Å². The van der Waals surface area contributed by atoms with Gasteiger partial charge in [-0.2, -0.15) is 0 Å². The number of nitrogens with one attached hydrogen (secondary N) is 1. The quantitative estimate of drug-likeness (QED) is 0.527. The Balaban J connectivity index is 1.48. The molecule has 2 aromatic carbocycles. The molecule has 0 saturated heterocycles. The molecule has 0 spiro atoms. The average Bonchev–Trinajstić information content (AvgIpc) is 2.98. The zero-order valence-corrected chi connectivity index (χ0v) is 16.7. The summed E-state index contributed by atoms with van der Waals surface area (Å²) in [5.74, 6) is 0.922. The summed E-state index contributed by atoms with van der Waals surface area (Å²) in [7, 11) is 1.73. The maximum atomic E-state index is 5.40. The first kappa shape index (κ1) is 18.0.